The average molecular weight is 377 g/mol. The van der Waals surface area contributed by atoms with E-state index in [4.69, 9.17) is 4.74 Å². The molecule has 2 N–H and O–H groups in total. The van der Waals surface area contributed by atoms with E-state index in [1.165, 1.54) is 0 Å². The lowest BCUT2D eigenvalue weighted by Crippen LogP contribution is -2.44. The fourth-order valence-electron chi connectivity index (χ4n) is 2.90. The molecule has 1 aromatic heterocycles. The Morgan fingerprint density at radius 3 is 2.64 bits per heavy atom. The maximum Gasteiger partial charge on any atom is 0.276 e. The second-order valence-electron chi connectivity index (χ2n) is 6.87. The number of para-hydroxylation sites is 1. The molecule has 0 fully saturated rings. The first-order chi connectivity index (χ1) is 13.5. The lowest BCUT2D eigenvalue weighted by Gasteiger charge is -2.15. The number of nitrogens with zero attached hydrogens (tertiary/aromatic N) is 1. The van der Waals surface area contributed by atoms with Gasteiger partial charge in [0.1, 0.15) is 5.75 Å². The van der Waals surface area contributed by atoms with Gasteiger partial charge in [0.15, 0.2) is 6.61 Å². The number of ether oxygens (including phenoxy) is 1. The molecule has 6 heteroatoms. The number of hydrogen-bond donors (Lipinski definition) is 2. The van der Waals surface area contributed by atoms with Gasteiger partial charge in [0.25, 0.3) is 11.8 Å². The van der Waals surface area contributed by atoms with Crippen LogP contribution in [0.2, 0.25) is 0 Å². The standard InChI is InChI=1S/C22H23N3O3/c1-14(2)17-10-9-15(3)12-19(17)28-13-20(26)24-25-22(27)18-8-4-6-16-7-5-11-23-21(16)18/h4-12,14H,13H2,1-3H3,(H,24,26)(H,25,27). The number of carbonyl (C=O) groups is 2. The van der Waals surface area contributed by atoms with E-state index in [0.717, 1.165) is 16.5 Å². The van der Waals surface area contributed by atoms with Gasteiger partial charge >= 0.3 is 0 Å². The zero-order chi connectivity index (χ0) is 20.1. The van der Waals surface area contributed by atoms with Crippen molar-refractivity contribution in [3.05, 3.63) is 71.4 Å². The number of hydrazine groups is 1. The Morgan fingerprint density at radius 2 is 1.86 bits per heavy atom. The number of rotatable bonds is 5. The molecular formula is C22H23N3O3. The minimum atomic E-state index is -0.447. The summed E-state index contributed by atoms with van der Waals surface area (Å²) in [5.74, 6) is 0.0702. The first-order valence-corrected chi connectivity index (χ1v) is 9.12. The smallest absolute Gasteiger partial charge is 0.276 e. The summed E-state index contributed by atoms with van der Waals surface area (Å²) < 4.78 is 5.67. The van der Waals surface area contributed by atoms with Crippen molar-refractivity contribution < 1.29 is 14.3 Å². The molecule has 0 unspecified atom stereocenters. The quantitative estimate of drug-likeness (QED) is 0.667. The Balaban J connectivity index is 1.60. The number of benzene rings is 2. The number of pyridine rings is 1. The van der Waals surface area contributed by atoms with Gasteiger partial charge in [-0.3, -0.25) is 25.4 Å². The monoisotopic (exact) mass is 377 g/mol. The van der Waals surface area contributed by atoms with E-state index in [-0.39, 0.29) is 12.5 Å². The minimum Gasteiger partial charge on any atom is -0.483 e. The van der Waals surface area contributed by atoms with E-state index in [9.17, 15) is 9.59 Å². The maximum atomic E-state index is 12.4. The lowest BCUT2D eigenvalue weighted by molar-refractivity contribution is -0.123. The molecule has 144 valence electrons. The first-order valence-electron chi connectivity index (χ1n) is 9.12. The molecular weight excluding hydrogens is 354 g/mol. The molecule has 0 spiro atoms. The van der Waals surface area contributed by atoms with Crippen molar-refractivity contribution in [1.82, 2.24) is 15.8 Å². The van der Waals surface area contributed by atoms with Crippen molar-refractivity contribution in [1.29, 1.82) is 0 Å². The normalized spacial score (nSPS) is 10.7. The van der Waals surface area contributed by atoms with E-state index in [0.29, 0.717) is 16.8 Å². The number of aryl methyl sites for hydroxylation is 1. The van der Waals surface area contributed by atoms with Crippen LogP contribution >= 0.6 is 0 Å². The molecule has 0 aliphatic carbocycles. The average Bonchev–Trinajstić information content (AvgIpc) is 2.69. The van der Waals surface area contributed by atoms with Crippen LogP contribution in [-0.2, 0) is 4.79 Å². The van der Waals surface area contributed by atoms with Crippen LogP contribution in [0.1, 0.15) is 41.3 Å². The highest BCUT2D eigenvalue weighted by molar-refractivity contribution is 6.05. The van der Waals surface area contributed by atoms with Crippen LogP contribution in [0, 0.1) is 6.92 Å². The summed E-state index contributed by atoms with van der Waals surface area (Å²) >= 11 is 0. The van der Waals surface area contributed by atoms with Gasteiger partial charge in [-0.1, -0.05) is 44.2 Å². The van der Waals surface area contributed by atoms with E-state index in [1.807, 2.05) is 37.3 Å². The number of nitrogens with one attached hydrogen (secondary N) is 2. The fraction of sp³-hybridized carbons (Fsp3) is 0.227. The summed E-state index contributed by atoms with van der Waals surface area (Å²) in [5.41, 5.74) is 7.86. The van der Waals surface area contributed by atoms with Crippen LogP contribution in [0.4, 0.5) is 0 Å². The molecule has 28 heavy (non-hydrogen) atoms. The molecule has 2 aromatic carbocycles. The Hall–Kier alpha value is -3.41. The third-order valence-corrected chi connectivity index (χ3v) is 4.34. The molecule has 0 radical (unpaired) electrons. The summed E-state index contributed by atoms with van der Waals surface area (Å²) in [6.07, 6.45) is 1.62. The van der Waals surface area contributed by atoms with Gasteiger partial charge in [-0.05, 0) is 42.2 Å². The van der Waals surface area contributed by atoms with Crippen LogP contribution in [0.3, 0.4) is 0 Å². The molecule has 0 aliphatic rings. The van der Waals surface area contributed by atoms with Crippen LogP contribution in [-0.4, -0.2) is 23.4 Å². The highest BCUT2D eigenvalue weighted by atomic mass is 16.5. The highest BCUT2D eigenvalue weighted by Crippen LogP contribution is 2.27. The molecule has 0 saturated carbocycles. The lowest BCUT2D eigenvalue weighted by atomic mass is 10.0. The Bertz CT molecular complexity index is 1010. The molecule has 0 aliphatic heterocycles. The predicted molar refractivity (Wildman–Crippen MR) is 108 cm³/mol. The number of carbonyl (C=O) groups excluding carboxylic acids is 2. The molecule has 3 rings (SSSR count). The highest BCUT2D eigenvalue weighted by Gasteiger charge is 2.13. The van der Waals surface area contributed by atoms with Crippen LogP contribution < -0.4 is 15.6 Å². The van der Waals surface area contributed by atoms with Gasteiger partial charge in [-0.25, -0.2) is 0 Å². The van der Waals surface area contributed by atoms with E-state index >= 15 is 0 Å². The summed E-state index contributed by atoms with van der Waals surface area (Å²) in [6.45, 7) is 5.90. The maximum absolute atomic E-state index is 12.4. The summed E-state index contributed by atoms with van der Waals surface area (Å²) in [4.78, 5) is 28.8. The van der Waals surface area contributed by atoms with Crippen molar-refractivity contribution in [3.63, 3.8) is 0 Å². The first kappa shape index (κ1) is 19.4. The van der Waals surface area contributed by atoms with Gasteiger partial charge in [-0.15, -0.1) is 0 Å². The second kappa shape index (κ2) is 8.52. The molecule has 0 saturated heterocycles. The zero-order valence-corrected chi connectivity index (χ0v) is 16.2. The largest absolute Gasteiger partial charge is 0.483 e. The van der Waals surface area contributed by atoms with Crippen LogP contribution in [0.25, 0.3) is 10.9 Å². The molecule has 0 atom stereocenters. The van der Waals surface area contributed by atoms with Crippen LogP contribution in [0.5, 0.6) is 5.75 Å². The minimum absolute atomic E-state index is 0.197. The number of aromatic nitrogens is 1. The van der Waals surface area contributed by atoms with Gasteiger partial charge < -0.3 is 4.74 Å². The van der Waals surface area contributed by atoms with E-state index in [1.54, 1.807) is 24.4 Å². The molecule has 2 amide bonds. The summed E-state index contributed by atoms with van der Waals surface area (Å²) in [7, 11) is 0. The summed E-state index contributed by atoms with van der Waals surface area (Å²) in [5, 5.41) is 0.852. The Morgan fingerprint density at radius 1 is 1.07 bits per heavy atom. The second-order valence-corrected chi connectivity index (χ2v) is 6.87. The number of fused-ring (bicyclic) bond motifs is 1. The van der Waals surface area contributed by atoms with Gasteiger partial charge in [-0.2, -0.15) is 0 Å². The molecule has 0 bridgehead atoms. The SMILES string of the molecule is Cc1ccc(C(C)C)c(OCC(=O)NNC(=O)c2cccc3cccnc23)c1. The number of hydrogen-bond acceptors (Lipinski definition) is 4. The molecule has 6 nitrogen and oxygen atoms in total. The zero-order valence-electron chi connectivity index (χ0n) is 16.2. The Labute approximate surface area is 163 Å². The molecule has 3 aromatic rings. The van der Waals surface area contributed by atoms with Crippen molar-refractivity contribution in [2.45, 2.75) is 26.7 Å². The van der Waals surface area contributed by atoms with Gasteiger partial charge in [0.2, 0.25) is 0 Å². The number of amides is 2. The third-order valence-electron chi connectivity index (χ3n) is 4.34. The predicted octanol–water partition coefficient (Wildman–Crippen LogP) is 3.51. The topological polar surface area (TPSA) is 80.3 Å². The van der Waals surface area contributed by atoms with E-state index < -0.39 is 11.8 Å². The van der Waals surface area contributed by atoms with Gasteiger partial charge in [0.05, 0.1) is 11.1 Å². The fourth-order valence-corrected chi connectivity index (χ4v) is 2.90. The van der Waals surface area contributed by atoms with Crippen LogP contribution in [0.15, 0.2) is 54.7 Å². The van der Waals surface area contributed by atoms with Gasteiger partial charge in [0, 0.05) is 11.6 Å². The van der Waals surface area contributed by atoms with E-state index in [2.05, 4.69) is 29.7 Å². The van der Waals surface area contributed by atoms with Crippen molar-refractivity contribution in [3.8, 4) is 5.75 Å². The summed E-state index contributed by atoms with van der Waals surface area (Å²) in [6, 6.07) is 14.9. The third kappa shape index (κ3) is 4.46. The van der Waals surface area contributed by atoms with Crippen molar-refractivity contribution in [2.24, 2.45) is 0 Å². The Kier molecular flexibility index (Phi) is 5.89. The van der Waals surface area contributed by atoms with Crippen molar-refractivity contribution >= 4 is 22.7 Å². The molecule has 1 heterocycles. The van der Waals surface area contributed by atoms with Crippen molar-refractivity contribution in [2.75, 3.05) is 6.61 Å².